The molecule has 2 heterocycles. The Morgan fingerprint density at radius 1 is 1.12 bits per heavy atom. The first-order valence-corrected chi connectivity index (χ1v) is 9.67. The summed E-state index contributed by atoms with van der Waals surface area (Å²) in [5.74, 6) is 1.40. The van der Waals surface area contributed by atoms with Gasteiger partial charge in [-0.1, -0.05) is 37.3 Å². The zero-order valence-corrected chi connectivity index (χ0v) is 15.9. The smallest absolute Gasteiger partial charge is 0.230 e. The topological polar surface area (TPSA) is 54.6 Å². The summed E-state index contributed by atoms with van der Waals surface area (Å²) < 4.78 is 11.4. The van der Waals surface area contributed by atoms with Gasteiger partial charge in [-0.3, -0.25) is 9.80 Å². The molecule has 0 radical (unpaired) electrons. The van der Waals surface area contributed by atoms with Crippen molar-refractivity contribution >= 4 is 0 Å². The van der Waals surface area contributed by atoms with Crippen molar-refractivity contribution in [2.45, 2.75) is 39.3 Å². The quantitative estimate of drug-likeness (QED) is 0.642. The molecule has 3 rings (SSSR count). The highest BCUT2D eigenvalue weighted by molar-refractivity contribution is 5.17. The Morgan fingerprint density at radius 2 is 1.92 bits per heavy atom. The molecule has 2 aromatic rings. The molecule has 0 amide bonds. The average Bonchev–Trinajstić information content (AvgIpc) is 3.10. The van der Waals surface area contributed by atoms with Gasteiger partial charge in [-0.25, -0.2) is 0 Å². The van der Waals surface area contributed by atoms with E-state index in [1.54, 1.807) is 0 Å². The molecule has 0 bridgehead atoms. The first kappa shape index (κ1) is 19.0. The molecule has 1 aromatic heterocycles. The van der Waals surface area contributed by atoms with E-state index in [2.05, 4.69) is 39.1 Å². The molecule has 26 heavy (non-hydrogen) atoms. The fourth-order valence-corrected chi connectivity index (χ4v) is 3.49. The van der Waals surface area contributed by atoms with Gasteiger partial charge in [-0.05, 0) is 18.9 Å². The van der Waals surface area contributed by atoms with E-state index < -0.39 is 0 Å². The van der Waals surface area contributed by atoms with E-state index in [4.69, 9.17) is 9.15 Å². The van der Waals surface area contributed by atoms with Gasteiger partial charge in [0.1, 0.15) is 0 Å². The van der Waals surface area contributed by atoms with Crippen molar-refractivity contribution in [2.75, 3.05) is 39.4 Å². The van der Waals surface area contributed by atoms with Crippen molar-refractivity contribution in [2.24, 2.45) is 0 Å². The summed E-state index contributed by atoms with van der Waals surface area (Å²) in [5.41, 5.74) is 1.19. The van der Waals surface area contributed by atoms with E-state index in [0.29, 0.717) is 24.2 Å². The van der Waals surface area contributed by atoms with Crippen LogP contribution < -0.4 is 0 Å². The maximum atomic E-state index is 5.87. The first-order chi connectivity index (χ1) is 12.8. The van der Waals surface area contributed by atoms with Gasteiger partial charge in [0.25, 0.3) is 0 Å². The molecule has 0 N–H and O–H groups in total. The van der Waals surface area contributed by atoms with Crippen LogP contribution in [0.5, 0.6) is 0 Å². The lowest BCUT2D eigenvalue weighted by Gasteiger charge is -2.40. The summed E-state index contributed by atoms with van der Waals surface area (Å²) in [5, 5.41) is 8.46. The van der Waals surface area contributed by atoms with Crippen LogP contribution in [0, 0.1) is 0 Å². The van der Waals surface area contributed by atoms with Gasteiger partial charge in [0.2, 0.25) is 11.8 Å². The minimum absolute atomic E-state index is 0.566. The minimum Gasteiger partial charge on any atom is -0.424 e. The Hall–Kier alpha value is -1.76. The van der Waals surface area contributed by atoms with Crippen molar-refractivity contribution in [1.29, 1.82) is 0 Å². The van der Waals surface area contributed by atoms with Crippen molar-refractivity contribution < 1.29 is 9.15 Å². The van der Waals surface area contributed by atoms with Crippen LogP contribution >= 0.6 is 0 Å². The molecule has 0 saturated carbocycles. The second-order valence-corrected chi connectivity index (χ2v) is 6.78. The van der Waals surface area contributed by atoms with Crippen LogP contribution in [0.15, 0.2) is 34.7 Å². The van der Waals surface area contributed by atoms with Gasteiger partial charge in [-0.2, -0.15) is 0 Å². The molecule has 1 fully saturated rings. The van der Waals surface area contributed by atoms with E-state index in [-0.39, 0.29) is 0 Å². The summed E-state index contributed by atoms with van der Waals surface area (Å²) in [7, 11) is 0. The molecule has 0 aliphatic carbocycles. The van der Waals surface area contributed by atoms with Crippen LogP contribution in [0.1, 0.15) is 37.6 Å². The largest absolute Gasteiger partial charge is 0.424 e. The minimum atomic E-state index is 0.566. The molecule has 6 nitrogen and oxygen atoms in total. The molecule has 0 spiro atoms. The van der Waals surface area contributed by atoms with Gasteiger partial charge in [0, 0.05) is 38.8 Å². The zero-order valence-electron chi connectivity index (χ0n) is 15.9. The fraction of sp³-hybridized carbons (Fsp3) is 0.600. The van der Waals surface area contributed by atoms with E-state index in [1.807, 2.05) is 25.1 Å². The molecule has 1 aliphatic rings. The van der Waals surface area contributed by atoms with Crippen molar-refractivity contribution in [1.82, 2.24) is 20.0 Å². The summed E-state index contributed by atoms with van der Waals surface area (Å²) in [6.07, 6.45) is 1.84. The molecule has 142 valence electrons. The van der Waals surface area contributed by atoms with Gasteiger partial charge >= 0.3 is 0 Å². The molecular weight excluding hydrogens is 328 g/mol. The standard InChI is InChI=1S/C20H30N4O2/c1-3-18-15-23(10-11-24(18)12-13-25-4-2)16-20-22-21-19(26-20)14-17-8-6-5-7-9-17/h5-9,18H,3-4,10-16H2,1-2H3. The third kappa shape index (κ3) is 5.37. The van der Waals surface area contributed by atoms with Crippen molar-refractivity contribution in [3.05, 3.63) is 47.7 Å². The van der Waals surface area contributed by atoms with Crippen molar-refractivity contribution in [3.63, 3.8) is 0 Å². The number of aromatic nitrogens is 2. The Labute approximate surface area is 156 Å². The maximum Gasteiger partial charge on any atom is 0.230 e. The highest BCUT2D eigenvalue weighted by Crippen LogP contribution is 2.16. The van der Waals surface area contributed by atoms with E-state index in [9.17, 15) is 0 Å². The molecular formula is C20H30N4O2. The van der Waals surface area contributed by atoms with Crippen LogP contribution in [0.4, 0.5) is 0 Å². The Balaban J connectivity index is 1.50. The molecule has 1 saturated heterocycles. The fourth-order valence-electron chi connectivity index (χ4n) is 3.49. The van der Waals surface area contributed by atoms with Crippen LogP contribution in [-0.2, 0) is 17.7 Å². The second-order valence-electron chi connectivity index (χ2n) is 6.78. The van der Waals surface area contributed by atoms with Crippen LogP contribution in [0.3, 0.4) is 0 Å². The van der Waals surface area contributed by atoms with E-state index >= 15 is 0 Å². The summed E-state index contributed by atoms with van der Waals surface area (Å²) in [4.78, 5) is 4.96. The van der Waals surface area contributed by atoms with Crippen molar-refractivity contribution in [3.8, 4) is 0 Å². The highest BCUT2D eigenvalue weighted by atomic mass is 16.5. The molecule has 1 aromatic carbocycles. The normalized spacial score (nSPS) is 19.1. The number of piperazine rings is 1. The van der Waals surface area contributed by atoms with E-state index in [0.717, 1.165) is 52.4 Å². The second kappa shape index (κ2) is 9.80. The number of rotatable bonds is 9. The predicted octanol–water partition coefficient (Wildman–Crippen LogP) is 2.59. The number of benzene rings is 1. The van der Waals surface area contributed by atoms with Crippen LogP contribution in [0.2, 0.25) is 0 Å². The lowest BCUT2D eigenvalue weighted by molar-refractivity contribution is 0.0355. The van der Waals surface area contributed by atoms with Gasteiger partial charge < -0.3 is 9.15 Å². The Morgan fingerprint density at radius 3 is 2.69 bits per heavy atom. The number of ether oxygens (including phenoxy) is 1. The third-order valence-corrected chi connectivity index (χ3v) is 4.95. The van der Waals surface area contributed by atoms with Gasteiger partial charge in [-0.15, -0.1) is 10.2 Å². The maximum absolute atomic E-state index is 5.87. The number of nitrogens with zero attached hydrogens (tertiary/aromatic N) is 4. The third-order valence-electron chi connectivity index (χ3n) is 4.95. The molecule has 6 heteroatoms. The highest BCUT2D eigenvalue weighted by Gasteiger charge is 2.26. The zero-order chi connectivity index (χ0) is 18.2. The summed E-state index contributed by atoms with van der Waals surface area (Å²) in [6, 6.07) is 10.8. The first-order valence-electron chi connectivity index (χ1n) is 9.67. The lowest BCUT2D eigenvalue weighted by atomic mass is 10.1. The molecule has 1 atom stereocenters. The van der Waals surface area contributed by atoms with Gasteiger partial charge in [0.05, 0.1) is 19.6 Å². The number of hydrogen-bond donors (Lipinski definition) is 0. The number of hydrogen-bond acceptors (Lipinski definition) is 6. The lowest BCUT2D eigenvalue weighted by Crippen LogP contribution is -2.53. The predicted molar refractivity (Wildman–Crippen MR) is 101 cm³/mol. The van der Waals surface area contributed by atoms with Crippen LogP contribution in [0.25, 0.3) is 0 Å². The van der Waals surface area contributed by atoms with Crippen LogP contribution in [-0.4, -0.2) is 65.4 Å². The Bertz CT molecular complexity index is 646. The molecule has 1 aliphatic heterocycles. The average molecular weight is 358 g/mol. The molecule has 1 unspecified atom stereocenters. The SMILES string of the molecule is CCOCCN1CCN(Cc2nnc(Cc3ccccc3)o2)CC1CC. The van der Waals surface area contributed by atoms with E-state index in [1.165, 1.54) is 5.56 Å². The Kier molecular flexibility index (Phi) is 7.17. The monoisotopic (exact) mass is 358 g/mol. The summed E-state index contributed by atoms with van der Waals surface area (Å²) in [6.45, 7) is 10.8. The summed E-state index contributed by atoms with van der Waals surface area (Å²) >= 11 is 0. The van der Waals surface area contributed by atoms with Gasteiger partial charge in [0.15, 0.2) is 0 Å².